The van der Waals surface area contributed by atoms with Crippen LogP contribution in [0.5, 0.6) is 0 Å². The molecule has 1 aliphatic rings. The first-order valence-corrected chi connectivity index (χ1v) is 10.0. The molecular weight excluding hydrogens is 394 g/mol. The molecule has 152 valence electrons. The zero-order valence-electron chi connectivity index (χ0n) is 16.3. The highest BCUT2D eigenvalue weighted by Gasteiger charge is 2.37. The number of aryl methyl sites for hydroxylation is 2. The molecule has 0 bridgehead atoms. The molecule has 1 saturated heterocycles. The molecular formula is C19H21N5O4S. The minimum Gasteiger partial charge on any atom is -0.316 e. The molecule has 0 saturated carbocycles. The summed E-state index contributed by atoms with van der Waals surface area (Å²) in [7, 11) is 1.48. The van der Waals surface area contributed by atoms with E-state index in [-0.39, 0.29) is 11.4 Å². The first kappa shape index (κ1) is 20.6. The van der Waals surface area contributed by atoms with Crippen molar-refractivity contribution in [2.75, 3.05) is 11.6 Å². The van der Waals surface area contributed by atoms with E-state index >= 15 is 0 Å². The Morgan fingerprint density at radius 3 is 2.52 bits per heavy atom. The highest BCUT2D eigenvalue weighted by molar-refractivity contribution is 7.99. The highest BCUT2D eigenvalue weighted by atomic mass is 32.2. The number of hydrazine groups is 1. The van der Waals surface area contributed by atoms with Crippen molar-refractivity contribution >= 4 is 29.5 Å². The lowest BCUT2D eigenvalue weighted by Crippen LogP contribution is -2.53. The predicted molar refractivity (Wildman–Crippen MR) is 108 cm³/mol. The van der Waals surface area contributed by atoms with Gasteiger partial charge in [0.25, 0.3) is 23.3 Å². The second-order valence-corrected chi connectivity index (χ2v) is 7.61. The van der Waals surface area contributed by atoms with E-state index in [2.05, 4.69) is 16.0 Å². The summed E-state index contributed by atoms with van der Waals surface area (Å²) in [4.78, 5) is 51.6. The molecule has 2 heterocycles. The summed E-state index contributed by atoms with van der Waals surface area (Å²) in [6.07, 6.45) is 0. The molecule has 0 spiro atoms. The first-order valence-electron chi connectivity index (χ1n) is 8.89. The third-order valence-electron chi connectivity index (χ3n) is 4.72. The van der Waals surface area contributed by atoms with Crippen molar-refractivity contribution in [2.24, 2.45) is 7.05 Å². The van der Waals surface area contributed by atoms with Crippen LogP contribution in [0.4, 0.5) is 0 Å². The topological polar surface area (TPSA) is 113 Å². The standard InChI is InChI=1S/C19H21N5O4S/c1-11-12(2)22-23(3)18(27)15(11)19(28)24-10-29-9-14(24)17(26)21-20-16(25)13-7-5-4-6-8-13/h4-8,14H,9-10H2,1-3H3,(H,20,25)(H,21,26)/t14-/m1/s1. The van der Waals surface area contributed by atoms with Crippen molar-refractivity contribution in [2.45, 2.75) is 19.9 Å². The van der Waals surface area contributed by atoms with Gasteiger partial charge in [-0.25, -0.2) is 4.68 Å². The fourth-order valence-electron chi connectivity index (χ4n) is 2.97. The summed E-state index contributed by atoms with van der Waals surface area (Å²) in [6, 6.07) is 7.64. The monoisotopic (exact) mass is 415 g/mol. The summed E-state index contributed by atoms with van der Waals surface area (Å²) in [5.74, 6) is -0.867. The van der Waals surface area contributed by atoms with Gasteiger partial charge in [-0.05, 0) is 31.5 Å². The lowest BCUT2D eigenvalue weighted by molar-refractivity contribution is -0.125. The van der Waals surface area contributed by atoms with Gasteiger partial charge in [-0.3, -0.25) is 30.0 Å². The number of nitrogens with zero attached hydrogens (tertiary/aromatic N) is 3. The number of rotatable bonds is 3. The number of aromatic nitrogens is 2. The van der Waals surface area contributed by atoms with E-state index in [0.717, 1.165) is 4.68 Å². The van der Waals surface area contributed by atoms with E-state index in [0.29, 0.717) is 22.6 Å². The predicted octanol–water partition coefficient (Wildman–Crippen LogP) is 0.373. The molecule has 3 rings (SSSR count). The van der Waals surface area contributed by atoms with Crippen LogP contribution in [0.3, 0.4) is 0 Å². The number of carbonyl (C=O) groups is 3. The van der Waals surface area contributed by atoms with Crippen LogP contribution >= 0.6 is 11.8 Å². The molecule has 10 heteroatoms. The Labute approximate surface area is 171 Å². The summed E-state index contributed by atoms with van der Waals surface area (Å²) in [6.45, 7) is 3.38. The summed E-state index contributed by atoms with van der Waals surface area (Å²) >= 11 is 1.40. The van der Waals surface area contributed by atoms with Gasteiger partial charge in [-0.15, -0.1) is 11.8 Å². The van der Waals surface area contributed by atoms with Gasteiger partial charge < -0.3 is 4.90 Å². The molecule has 0 aliphatic carbocycles. The van der Waals surface area contributed by atoms with Gasteiger partial charge in [0.05, 0.1) is 11.6 Å². The third kappa shape index (κ3) is 4.16. The Morgan fingerprint density at radius 1 is 1.14 bits per heavy atom. The number of hydrogen-bond donors (Lipinski definition) is 2. The van der Waals surface area contributed by atoms with E-state index in [1.165, 1.54) is 23.7 Å². The van der Waals surface area contributed by atoms with Crippen LogP contribution in [0.25, 0.3) is 0 Å². The van der Waals surface area contributed by atoms with Gasteiger partial charge >= 0.3 is 0 Å². The SMILES string of the molecule is Cc1nn(C)c(=O)c(C(=O)N2CSC[C@@H]2C(=O)NNC(=O)c2ccccc2)c1C. The molecule has 0 unspecified atom stereocenters. The normalized spacial score (nSPS) is 15.8. The zero-order chi connectivity index (χ0) is 21.1. The van der Waals surface area contributed by atoms with Crippen LogP contribution in [-0.4, -0.2) is 50.1 Å². The molecule has 1 aliphatic heterocycles. The van der Waals surface area contributed by atoms with Gasteiger partial charge in [0, 0.05) is 18.4 Å². The molecule has 1 fully saturated rings. The van der Waals surface area contributed by atoms with Crippen molar-refractivity contribution in [3.63, 3.8) is 0 Å². The van der Waals surface area contributed by atoms with Crippen molar-refractivity contribution in [1.29, 1.82) is 0 Å². The van der Waals surface area contributed by atoms with Gasteiger partial charge in [0.15, 0.2) is 0 Å². The first-order chi connectivity index (χ1) is 13.8. The second kappa shape index (κ2) is 8.48. The smallest absolute Gasteiger partial charge is 0.279 e. The molecule has 29 heavy (non-hydrogen) atoms. The lowest BCUT2D eigenvalue weighted by atomic mass is 10.1. The number of amides is 3. The molecule has 1 aromatic carbocycles. The lowest BCUT2D eigenvalue weighted by Gasteiger charge is -2.24. The van der Waals surface area contributed by atoms with Crippen molar-refractivity contribution in [1.82, 2.24) is 25.5 Å². The minimum atomic E-state index is -0.804. The Kier molecular flexibility index (Phi) is 6.02. The number of carbonyl (C=O) groups excluding carboxylic acids is 3. The maximum absolute atomic E-state index is 13.1. The van der Waals surface area contributed by atoms with Gasteiger partial charge in [0.1, 0.15) is 11.6 Å². The van der Waals surface area contributed by atoms with E-state index in [4.69, 9.17) is 0 Å². The van der Waals surface area contributed by atoms with Crippen LogP contribution in [0.1, 0.15) is 32.0 Å². The van der Waals surface area contributed by atoms with Crippen molar-refractivity contribution in [3.05, 3.63) is 63.1 Å². The molecule has 0 radical (unpaired) electrons. The van der Waals surface area contributed by atoms with E-state index < -0.39 is 29.3 Å². The van der Waals surface area contributed by atoms with Gasteiger partial charge in [-0.2, -0.15) is 5.10 Å². The molecule has 9 nitrogen and oxygen atoms in total. The van der Waals surface area contributed by atoms with E-state index in [9.17, 15) is 19.2 Å². The fraction of sp³-hybridized carbons (Fsp3) is 0.316. The highest BCUT2D eigenvalue weighted by Crippen LogP contribution is 2.23. The second-order valence-electron chi connectivity index (χ2n) is 6.61. The fourth-order valence-corrected chi connectivity index (χ4v) is 4.12. The molecule has 2 aromatic rings. The molecule has 1 atom stereocenters. The van der Waals surface area contributed by atoms with Crippen LogP contribution in [0.15, 0.2) is 35.1 Å². The third-order valence-corrected chi connectivity index (χ3v) is 5.73. The summed E-state index contributed by atoms with van der Waals surface area (Å²) < 4.78 is 1.12. The number of thioether (sulfide) groups is 1. The van der Waals surface area contributed by atoms with Crippen LogP contribution < -0.4 is 16.4 Å². The number of benzene rings is 1. The average Bonchev–Trinajstić information content (AvgIpc) is 3.21. The molecule has 2 N–H and O–H groups in total. The Bertz CT molecular complexity index is 1020. The quantitative estimate of drug-likeness (QED) is 0.701. The molecule has 3 amide bonds. The van der Waals surface area contributed by atoms with E-state index in [1.54, 1.807) is 44.2 Å². The van der Waals surface area contributed by atoms with Gasteiger partial charge in [0.2, 0.25) is 0 Å². The Hall–Kier alpha value is -3.14. The van der Waals surface area contributed by atoms with Crippen LogP contribution in [0.2, 0.25) is 0 Å². The Morgan fingerprint density at radius 2 is 1.83 bits per heavy atom. The maximum atomic E-state index is 13.1. The number of hydrogen-bond acceptors (Lipinski definition) is 6. The van der Waals surface area contributed by atoms with Gasteiger partial charge in [-0.1, -0.05) is 18.2 Å². The largest absolute Gasteiger partial charge is 0.316 e. The van der Waals surface area contributed by atoms with Crippen molar-refractivity contribution < 1.29 is 14.4 Å². The van der Waals surface area contributed by atoms with Crippen LogP contribution in [-0.2, 0) is 11.8 Å². The molecule has 1 aromatic heterocycles. The minimum absolute atomic E-state index is 0.00798. The van der Waals surface area contributed by atoms with Crippen LogP contribution in [0, 0.1) is 13.8 Å². The average molecular weight is 415 g/mol. The maximum Gasteiger partial charge on any atom is 0.279 e. The zero-order valence-corrected chi connectivity index (χ0v) is 17.1. The Balaban J connectivity index is 1.75. The van der Waals surface area contributed by atoms with E-state index in [1.807, 2.05) is 0 Å². The number of nitrogens with one attached hydrogen (secondary N) is 2. The van der Waals surface area contributed by atoms with Crippen molar-refractivity contribution in [3.8, 4) is 0 Å². The summed E-state index contributed by atoms with van der Waals surface area (Å²) in [5.41, 5.74) is 5.68. The summed E-state index contributed by atoms with van der Waals surface area (Å²) in [5, 5.41) is 4.08.